The van der Waals surface area contributed by atoms with Gasteiger partial charge in [0, 0.05) is 18.6 Å². The Morgan fingerprint density at radius 3 is 2.60 bits per heavy atom. The summed E-state index contributed by atoms with van der Waals surface area (Å²) < 4.78 is 27.1. The predicted molar refractivity (Wildman–Crippen MR) is 81.6 cm³/mol. The van der Waals surface area contributed by atoms with Gasteiger partial charge in [0.2, 0.25) is 10.0 Å². The topological polar surface area (TPSA) is 63.4 Å². The van der Waals surface area contributed by atoms with E-state index in [9.17, 15) is 8.42 Å². The summed E-state index contributed by atoms with van der Waals surface area (Å²) in [5.74, 6) is 0. The van der Waals surface area contributed by atoms with Crippen LogP contribution in [-0.4, -0.2) is 31.4 Å². The van der Waals surface area contributed by atoms with E-state index in [-0.39, 0.29) is 22.0 Å². The lowest BCUT2D eigenvalue weighted by Gasteiger charge is -2.39. The number of hydrogen-bond donors (Lipinski definition) is 1. The second kappa shape index (κ2) is 6.20. The summed E-state index contributed by atoms with van der Waals surface area (Å²) in [6.07, 6.45) is 2.63. The first kappa shape index (κ1) is 16.0. The molecule has 1 aliphatic rings. The number of sulfonamides is 1. The molecule has 1 aliphatic heterocycles. The van der Waals surface area contributed by atoms with Crippen molar-refractivity contribution in [3.63, 3.8) is 0 Å². The van der Waals surface area contributed by atoms with Gasteiger partial charge in [-0.15, -0.1) is 0 Å². The second-order valence-corrected chi connectivity index (χ2v) is 7.74. The molecule has 2 atom stereocenters. The summed E-state index contributed by atoms with van der Waals surface area (Å²) in [5.41, 5.74) is 5.73. The van der Waals surface area contributed by atoms with Crippen LogP contribution in [0, 0.1) is 0 Å². The van der Waals surface area contributed by atoms with Crippen LogP contribution in [0.15, 0.2) is 23.1 Å². The first-order valence-corrected chi connectivity index (χ1v) is 8.76. The van der Waals surface area contributed by atoms with Crippen LogP contribution in [0.1, 0.15) is 26.2 Å². The fourth-order valence-corrected chi connectivity index (χ4v) is 4.95. The molecule has 1 heterocycles. The molecular weight excluding hydrogens is 319 g/mol. The van der Waals surface area contributed by atoms with E-state index in [0.29, 0.717) is 11.6 Å². The highest BCUT2D eigenvalue weighted by molar-refractivity contribution is 7.89. The summed E-state index contributed by atoms with van der Waals surface area (Å²) in [5, 5.41) is 0.578. The molecular formula is C13H18Cl2N2O2S. The van der Waals surface area contributed by atoms with E-state index < -0.39 is 10.0 Å². The number of nitrogens with two attached hydrogens (primary N) is 1. The zero-order chi connectivity index (χ0) is 14.9. The van der Waals surface area contributed by atoms with E-state index in [4.69, 9.17) is 28.9 Å². The van der Waals surface area contributed by atoms with Crippen molar-refractivity contribution >= 4 is 33.2 Å². The molecule has 0 radical (unpaired) electrons. The lowest BCUT2D eigenvalue weighted by molar-refractivity contribution is 0.196. The molecule has 2 unspecified atom stereocenters. The Morgan fingerprint density at radius 2 is 2.00 bits per heavy atom. The molecule has 0 aromatic heterocycles. The summed E-state index contributed by atoms with van der Waals surface area (Å²) in [7, 11) is -3.60. The summed E-state index contributed by atoms with van der Waals surface area (Å²) >= 11 is 11.8. The van der Waals surface area contributed by atoms with Crippen molar-refractivity contribution < 1.29 is 8.42 Å². The van der Waals surface area contributed by atoms with Crippen LogP contribution in [-0.2, 0) is 10.0 Å². The first-order valence-electron chi connectivity index (χ1n) is 6.56. The number of rotatable bonds is 3. The van der Waals surface area contributed by atoms with Gasteiger partial charge in [-0.25, -0.2) is 8.42 Å². The quantitative estimate of drug-likeness (QED) is 0.922. The van der Waals surface area contributed by atoms with Gasteiger partial charge in [-0.1, -0.05) is 29.6 Å². The fraction of sp³-hybridized carbons (Fsp3) is 0.538. The molecule has 1 aromatic rings. The summed E-state index contributed by atoms with van der Waals surface area (Å²) in [6.45, 7) is 2.24. The molecule has 0 saturated carbocycles. The molecule has 112 valence electrons. The molecule has 0 aliphatic carbocycles. The average molecular weight is 337 g/mol. The van der Waals surface area contributed by atoms with Crippen molar-refractivity contribution in [1.82, 2.24) is 4.31 Å². The molecule has 2 rings (SSSR count). The summed E-state index contributed by atoms with van der Waals surface area (Å²) in [4.78, 5) is 0.166. The van der Waals surface area contributed by atoms with Crippen LogP contribution in [0.2, 0.25) is 10.0 Å². The molecule has 1 saturated heterocycles. The number of hydrogen-bond acceptors (Lipinski definition) is 3. The lowest BCUT2D eigenvalue weighted by Crippen LogP contribution is -2.51. The number of nitrogens with zero attached hydrogens (tertiary/aromatic N) is 1. The highest BCUT2D eigenvalue weighted by Gasteiger charge is 2.37. The molecule has 1 aromatic carbocycles. The Bertz CT molecular complexity index is 592. The normalized spacial score (nSPS) is 24.8. The van der Waals surface area contributed by atoms with Crippen molar-refractivity contribution in [2.75, 3.05) is 6.54 Å². The minimum atomic E-state index is -3.60. The Morgan fingerprint density at radius 1 is 1.30 bits per heavy atom. The smallest absolute Gasteiger partial charge is 0.243 e. The number of benzene rings is 1. The third-order valence-corrected chi connectivity index (χ3v) is 6.49. The number of piperidine rings is 1. The summed E-state index contributed by atoms with van der Waals surface area (Å²) in [6, 6.07) is 4.17. The van der Waals surface area contributed by atoms with Crippen LogP contribution in [0.3, 0.4) is 0 Å². The standard InChI is InChI=1S/C13H18Cl2N2O2S/c1-9-3-2-4-10(8-16)17(9)20(18,19)11-5-6-12(14)13(15)7-11/h5-7,9-10H,2-4,8,16H2,1H3. The Balaban J connectivity index is 2.44. The van der Waals surface area contributed by atoms with Crippen LogP contribution in [0.25, 0.3) is 0 Å². The van der Waals surface area contributed by atoms with Gasteiger partial charge >= 0.3 is 0 Å². The van der Waals surface area contributed by atoms with Gasteiger partial charge in [0.25, 0.3) is 0 Å². The molecule has 4 nitrogen and oxygen atoms in total. The molecule has 20 heavy (non-hydrogen) atoms. The van der Waals surface area contributed by atoms with Crippen LogP contribution >= 0.6 is 23.2 Å². The average Bonchev–Trinajstić information content (AvgIpc) is 2.41. The maximum atomic E-state index is 12.8. The first-order chi connectivity index (χ1) is 9.37. The third-order valence-electron chi connectivity index (χ3n) is 3.69. The van der Waals surface area contributed by atoms with Gasteiger partial charge in [-0.2, -0.15) is 4.31 Å². The Labute approximate surface area is 129 Å². The highest BCUT2D eigenvalue weighted by atomic mass is 35.5. The van der Waals surface area contributed by atoms with Gasteiger partial charge in [-0.05, 0) is 38.0 Å². The van der Waals surface area contributed by atoms with Crippen molar-refractivity contribution in [1.29, 1.82) is 0 Å². The van der Waals surface area contributed by atoms with Crippen LogP contribution in [0.4, 0.5) is 0 Å². The van der Waals surface area contributed by atoms with Gasteiger partial charge in [0.15, 0.2) is 0 Å². The van der Waals surface area contributed by atoms with Gasteiger partial charge in [0.1, 0.15) is 0 Å². The zero-order valence-corrected chi connectivity index (χ0v) is 13.5. The minimum Gasteiger partial charge on any atom is -0.329 e. The predicted octanol–water partition coefficient (Wildman–Crippen LogP) is 2.88. The van der Waals surface area contributed by atoms with E-state index in [1.807, 2.05) is 6.92 Å². The lowest BCUT2D eigenvalue weighted by atomic mass is 10.00. The molecule has 2 N–H and O–H groups in total. The van der Waals surface area contributed by atoms with Crippen LogP contribution < -0.4 is 5.73 Å². The molecule has 0 spiro atoms. The van der Waals surface area contributed by atoms with Gasteiger partial charge in [-0.3, -0.25) is 0 Å². The van der Waals surface area contributed by atoms with Crippen molar-refractivity contribution in [3.8, 4) is 0 Å². The molecule has 0 bridgehead atoms. The SMILES string of the molecule is CC1CCCC(CN)N1S(=O)(=O)c1ccc(Cl)c(Cl)c1. The van der Waals surface area contributed by atoms with E-state index in [1.165, 1.54) is 22.5 Å². The fourth-order valence-electron chi connectivity index (χ4n) is 2.68. The monoisotopic (exact) mass is 336 g/mol. The highest BCUT2D eigenvalue weighted by Crippen LogP contribution is 2.32. The van der Waals surface area contributed by atoms with Crippen molar-refractivity contribution in [3.05, 3.63) is 28.2 Å². The second-order valence-electron chi connectivity index (χ2n) is 5.08. The van der Waals surface area contributed by atoms with Crippen molar-refractivity contribution in [2.45, 2.75) is 43.2 Å². The van der Waals surface area contributed by atoms with E-state index in [1.54, 1.807) is 0 Å². The maximum Gasteiger partial charge on any atom is 0.243 e. The van der Waals surface area contributed by atoms with Crippen LogP contribution in [0.5, 0.6) is 0 Å². The number of halogens is 2. The Hall–Kier alpha value is -0.330. The maximum absolute atomic E-state index is 12.8. The molecule has 0 amide bonds. The van der Waals surface area contributed by atoms with E-state index in [0.717, 1.165) is 19.3 Å². The molecule has 1 fully saturated rings. The third kappa shape index (κ3) is 2.97. The van der Waals surface area contributed by atoms with Gasteiger partial charge in [0.05, 0.1) is 14.9 Å². The molecule has 7 heteroatoms. The zero-order valence-electron chi connectivity index (χ0n) is 11.2. The van der Waals surface area contributed by atoms with Crippen molar-refractivity contribution in [2.24, 2.45) is 5.73 Å². The largest absolute Gasteiger partial charge is 0.329 e. The minimum absolute atomic E-state index is 0.0586. The van der Waals surface area contributed by atoms with E-state index in [2.05, 4.69) is 0 Å². The Kier molecular flexibility index (Phi) is 4.97. The van der Waals surface area contributed by atoms with Gasteiger partial charge < -0.3 is 5.73 Å². The van der Waals surface area contributed by atoms with E-state index >= 15 is 0 Å².